The highest BCUT2D eigenvalue weighted by Gasteiger charge is 2.21. The average molecular weight is 473 g/mol. The Balaban J connectivity index is 1.38. The molecule has 1 N–H and O–H groups in total. The minimum Gasteiger partial charge on any atom is -0.346 e. The van der Waals surface area contributed by atoms with Gasteiger partial charge < -0.3 is 10.2 Å². The zero-order valence-corrected chi connectivity index (χ0v) is 19.8. The average Bonchev–Trinajstić information content (AvgIpc) is 3.05. The highest BCUT2D eigenvalue weighted by Crippen LogP contribution is 2.25. The van der Waals surface area contributed by atoms with Gasteiger partial charge in [0.05, 0.1) is 23.6 Å². The molecular formula is C23H26ClFN6S. The van der Waals surface area contributed by atoms with Gasteiger partial charge >= 0.3 is 0 Å². The molecule has 168 valence electrons. The van der Waals surface area contributed by atoms with Crippen molar-refractivity contribution < 1.29 is 4.39 Å². The fourth-order valence-electron chi connectivity index (χ4n) is 3.91. The molecule has 1 aliphatic heterocycles. The number of thiocarbonyl (C=S) groups is 1. The monoisotopic (exact) mass is 472 g/mol. The van der Waals surface area contributed by atoms with Crippen LogP contribution in [-0.2, 0) is 13.1 Å². The quantitative estimate of drug-likeness (QED) is 0.560. The third-order valence-corrected chi connectivity index (χ3v) is 6.49. The Labute approximate surface area is 198 Å². The van der Waals surface area contributed by atoms with Crippen LogP contribution in [0.1, 0.15) is 22.5 Å². The maximum atomic E-state index is 14.2. The largest absolute Gasteiger partial charge is 0.346 e. The molecule has 3 heterocycles. The van der Waals surface area contributed by atoms with E-state index in [0.29, 0.717) is 15.7 Å². The second-order valence-electron chi connectivity index (χ2n) is 7.96. The summed E-state index contributed by atoms with van der Waals surface area (Å²) in [6.45, 7) is 8.59. The molecule has 0 unspecified atom stereocenters. The number of halogens is 2. The number of benzene rings is 1. The van der Waals surface area contributed by atoms with Crippen LogP contribution in [0.2, 0.25) is 5.02 Å². The number of hydrogen-bond acceptors (Lipinski definition) is 4. The van der Waals surface area contributed by atoms with E-state index in [2.05, 4.69) is 31.3 Å². The van der Waals surface area contributed by atoms with Crippen LogP contribution >= 0.6 is 23.8 Å². The van der Waals surface area contributed by atoms with E-state index >= 15 is 0 Å². The van der Waals surface area contributed by atoms with Crippen molar-refractivity contribution in [2.45, 2.75) is 26.9 Å². The summed E-state index contributed by atoms with van der Waals surface area (Å²) >= 11 is 11.9. The van der Waals surface area contributed by atoms with Gasteiger partial charge in [0.15, 0.2) is 5.11 Å². The van der Waals surface area contributed by atoms with E-state index in [4.69, 9.17) is 23.8 Å². The molecule has 1 aromatic carbocycles. The number of aryl methyl sites for hydroxylation is 1. The van der Waals surface area contributed by atoms with Crippen molar-refractivity contribution >= 4 is 34.6 Å². The van der Waals surface area contributed by atoms with Gasteiger partial charge in [-0.2, -0.15) is 5.10 Å². The minimum absolute atomic E-state index is 0.264. The van der Waals surface area contributed by atoms with Crippen molar-refractivity contribution in [1.29, 1.82) is 0 Å². The minimum atomic E-state index is -0.334. The first-order valence-corrected chi connectivity index (χ1v) is 11.3. The molecule has 0 aliphatic carbocycles. The Hall–Kier alpha value is -2.55. The van der Waals surface area contributed by atoms with Crippen LogP contribution in [0.15, 0.2) is 42.7 Å². The van der Waals surface area contributed by atoms with Crippen LogP contribution in [0.5, 0.6) is 0 Å². The standard InChI is InChI=1S/C23H26ClFN6S/c1-16-22(17(2)31(28-16)15-19-20(24)6-3-7-21(19)25)27-23(32)30-11-9-29(10-12-30)14-18-5-4-8-26-13-18/h3-8,13H,9-12,14-15H2,1-2H3,(H,27,32). The fraction of sp³-hybridized carbons (Fsp3) is 0.348. The van der Waals surface area contributed by atoms with E-state index in [9.17, 15) is 4.39 Å². The van der Waals surface area contributed by atoms with Crippen molar-refractivity contribution in [3.63, 3.8) is 0 Å². The Morgan fingerprint density at radius 1 is 1.12 bits per heavy atom. The number of hydrogen-bond donors (Lipinski definition) is 1. The Morgan fingerprint density at radius 2 is 1.91 bits per heavy atom. The molecule has 0 radical (unpaired) electrons. The van der Waals surface area contributed by atoms with Crippen LogP contribution in [0, 0.1) is 19.7 Å². The molecule has 1 aliphatic rings. The van der Waals surface area contributed by atoms with Crippen LogP contribution in [0.25, 0.3) is 0 Å². The molecular weight excluding hydrogens is 447 g/mol. The molecule has 2 aromatic heterocycles. The van der Waals surface area contributed by atoms with E-state index < -0.39 is 0 Å². The van der Waals surface area contributed by atoms with Crippen molar-refractivity contribution in [2.75, 3.05) is 31.5 Å². The van der Waals surface area contributed by atoms with Gasteiger partial charge in [-0.1, -0.05) is 23.7 Å². The maximum absolute atomic E-state index is 14.2. The lowest BCUT2D eigenvalue weighted by Gasteiger charge is -2.36. The third-order valence-electron chi connectivity index (χ3n) is 5.77. The Morgan fingerprint density at radius 3 is 2.59 bits per heavy atom. The molecule has 0 atom stereocenters. The van der Waals surface area contributed by atoms with E-state index in [-0.39, 0.29) is 12.4 Å². The van der Waals surface area contributed by atoms with Crippen LogP contribution in [0.3, 0.4) is 0 Å². The molecule has 6 nitrogen and oxygen atoms in total. The molecule has 0 saturated carbocycles. The van der Waals surface area contributed by atoms with Crippen LogP contribution in [0.4, 0.5) is 10.1 Å². The van der Waals surface area contributed by atoms with Crippen LogP contribution < -0.4 is 5.32 Å². The van der Waals surface area contributed by atoms with E-state index in [1.54, 1.807) is 23.0 Å². The number of anilines is 1. The van der Waals surface area contributed by atoms with Crippen LogP contribution in [-0.4, -0.2) is 55.9 Å². The highest BCUT2D eigenvalue weighted by atomic mass is 35.5. The number of pyridine rings is 1. The zero-order chi connectivity index (χ0) is 22.7. The maximum Gasteiger partial charge on any atom is 0.173 e. The van der Waals surface area contributed by atoms with E-state index in [0.717, 1.165) is 49.8 Å². The number of nitrogens with one attached hydrogen (secondary N) is 1. The first-order valence-electron chi connectivity index (χ1n) is 10.6. The predicted molar refractivity (Wildman–Crippen MR) is 130 cm³/mol. The van der Waals surface area contributed by atoms with Gasteiger partial charge in [-0.3, -0.25) is 14.6 Å². The molecule has 0 spiro atoms. The SMILES string of the molecule is Cc1nn(Cc2c(F)cccc2Cl)c(C)c1NC(=S)N1CCN(Cc2cccnc2)CC1. The first-order chi connectivity index (χ1) is 15.4. The predicted octanol–water partition coefficient (Wildman–Crippen LogP) is 4.25. The molecule has 0 amide bonds. The van der Waals surface area contributed by atoms with Crippen molar-refractivity contribution in [1.82, 2.24) is 24.6 Å². The van der Waals surface area contributed by atoms with Crippen molar-refractivity contribution in [3.8, 4) is 0 Å². The number of rotatable bonds is 5. The summed E-state index contributed by atoms with van der Waals surface area (Å²) in [4.78, 5) is 8.78. The fourth-order valence-corrected chi connectivity index (χ4v) is 4.42. The lowest BCUT2D eigenvalue weighted by molar-refractivity contribution is 0.177. The molecule has 0 bridgehead atoms. The zero-order valence-electron chi connectivity index (χ0n) is 18.2. The molecule has 4 rings (SSSR count). The smallest absolute Gasteiger partial charge is 0.173 e. The highest BCUT2D eigenvalue weighted by molar-refractivity contribution is 7.80. The van der Waals surface area contributed by atoms with Crippen molar-refractivity contribution in [3.05, 3.63) is 76.1 Å². The summed E-state index contributed by atoms with van der Waals surface area (Å²) in [5.74, 6) is -0.334. The van der Waals surface area contributed by atoms with Gasteiger partial charge in [0.25, 0.3) is 0 Å². The first kappa shape index (κ1) is 22.6. The Kier molecular flexibility index (Phi) is 7.03. The van der Waals surface area contributed by atoms with E-state index in [1.807, 2.05) is 26.1 Å². The summed E-state index contributed by atoms with van der Waals surface area (Å²) in [5.41, 5.74) is 4.21. The van der Waals surface area contributed by atoms with Crippen molar-refractivity contribution in [2.24, 2.45) is 0 Å². The second kappa shape index (κ2) is 9.94. The normalized spacial score (nSPS) is 14.6. The van der Waals surface area contributed by atoms with Gasteiger partial charge in [0, 0.05) is 55.7 Å². The van der Waals surface area contributed by atoms with Gasteiger partial charge in [0.2, 0.25) is 0 Å². The summed E-state index contributed by atoms with van der Waals surface area (Å²) in [6.07, 6.45) is 3.71. The molecule has 3 aromatic rings. The summed E-state index contributed by atoms with van der Waals surface area (Å²) in [6, 6.07) is 8.77. The third kappa shape index (κ3) is 5.09. The van der Waals surface area contributed by atoms with E-state index in [1.165, 1.54) is 11.6 Å². The molecule has 9 heteroatoms. The summed E-state index contributed by atoms with van der Waals surface area (Å²) in [5, 5.41) is 9.02. The van der Waals surface area contributed by atoms with Gasteiger partial charge in [-0.25, -0.2) is 4.39 Å². The molecule has 1 saturated heterocycles. The summed E-state index contributed by atoms with van der Waals surface area (Å²) in [7, 11) is 0. The Bertz CT molecular complexity index is 1080. The second-order valence-corrected chi connectivity index (χ2v) is 8.75. The number of piperazine rings is 1. The summed E-state index contributed by atoms with van der Waals surface area (Å²) < 4.78 is 16.0. The molecule has 1 fully saturated rings. The number of nitrogens with zero attached hydrogens (tertiary/aromatic N) is 5. The van der Waals surface area contributed by atoms with Gasteiger partial charge in [0.1, 0.15) is 5.82 Å². The lowest BCUT2D eigenvalue weighted by Crippen LogP contribution is -2.49. The van der Waals surface area contributed by atoms with Gasteiger partial charge in [-0.15, -0.1) is 0 Å². The lowest BCUT2D eigenvalue weighted by atomic mass is 10.2. The molecule has 32 heavy (non-hydrogen) atoms. The van der Waals surface area contributed by atoms with Gasteiger partial charge in [-0.05, 0) is 49.8 Å². The topological polar surface area (TPSA) is 49.2 Å². The number of aromatic nitrogens is 3.